The zero-order valence-electron chi connectivity index (χ0n) is 20.7. The van der Waals surface area contributed by atoms with E-state index in [1.807, 2.05) is 11.8 Å². The average Bonchev–Trinajstić information content (AvgIpc) is 2.83. The molecule has 2 unspecified atom stereocenters. The van der Waals surface area contributed by atoms with Crippen LogP contribution in [0.3, 0.4) is 0 Å². The molecule has 0 N–H and O–H groups in total. The van der Waals surface area contributed by atoms with Gasteiger partial charge in [0, 0.05) is 51.4 Å². The minimum absolute atomic E-state index is 0.0758. The molecule has 8 nitrogen and oxygen atoms in total. The molecule has 9 heteroatoms. The first-order valence-corrected chi connectivity index (χ1v) is 14.1. The van der Waals surface area contributed by atoms with Crippen molar-refractivity contribution in [3.8, 4) is 0 Å². The highest BCUT2D eigenvalue weighted by Gasteiger charge is 2.31. The molecule has 3 aliphatic rings. The van der Waals surface area contributed by atoms with Crippen molar-refractivity contribution in [3.05, 3.63) is 29.3 Å². The third-order valence-corrected chi connectivity index (χ3v) is 9.18. The summed E-state index contributed by atoms with van der Waals surface area (Å²) in [5, 5.41) is 0. The van der Waals surface area contributed by atoms with Gasteiger partial charge in [0.15, 0.2) is 0 Å². The maximum Gasteiger partial charge on any atom is 0.253 e. The number of piperidine rings is 1. The lowest BCUT2D eigenvalue weighted by molar-refractivity contribution is -0.0728. The predicted molar refractivity (Wildman–Crippen MR) is 130 cm³/mol. The lowest BCUT2D eigenvalue weighted by atomic mass is 9.95. The van der Waals surface area contributed by atoms with Gasteiger partial charge in [-0.1, -0.05) is 13.0 Å². The number of carbonyl (C=O) groups is 1. The van der Waals surface area contributed by atoms with Crippen LogP contribution in [0.15, 0.2) is 23.1 Å². The van der Waals surface area contributed by atoms with Crippen molar-refractivity contribution in [2.75, 3.05) is 59.0 Å². The first-order valence-electron chi connectivity index (χ1n) is 12.7. The zero-order valence-corrected chi connectivity index (χ0v) is 21.6. The quantitative estimate of drug-likeness (QED) is 0.605. The number of likely N-dealkylation sites (tertiary alicyclic amines) is 1. The summed E-state index contributed by atoms with van der Waals surface area (Å²) in [5.41, 5.74) is 1.20. The molecule has 34 heavy (non-hydrogen) atoms. The summed E-state index contributed by atoms with van der Waals surface area (Å²) in [5.74, 6) is 0.495. The van der Waals surface area contributed by atoms with E-state index in [-0.39, 0.29) is 23.0 Å². The van der Waals surface area contributed by atoms with Crippen LogP contribution in [0, 0.1) is 5.92 Å². The second kappa shape index (κ2) is 11.0. The van der Waals surface area contributed by atoms with Gasteiger partial charge in [0.05, 0.1) is 30.3 Å². The second-order valence-electron chi connectivity index (χ2n) is 9.90. The van der Waals surface area contributed by atoms with Gasteiger partial charge < -0.3 is 14.4 Å². The van der Waals surface area contributed by atoms with Crippen molar-refractivity contribution in [2.45, 2.75) is 57.1 Å². The first-order chi connectivity index (χ1) is 16.3. The van der Waals surface area contributed by atoms with Crippen molar-refractivity contribution >= 4 is 15.9 Å². The van der Waals surface area contributed by atoms with Gasteiger partial charge in [-0.3, -0.25) is 9.69 Å². The molecule has 3 saturated heterocycles. The maximum absolute atomic E-state index is 13.3. The number of carbonyl (C=O) groups excluding carboxylic acids is 1. The van der Waals surface area contributed by atoms with Crippen molar-refractivity contribution in [2.24, 2.45) is 5.92 Å². The lowest BCUT2D eigenvalue weighted by Gasteiger charge is -2.39. The standard InChI is InChI=1S/C25H39N3O5S/c1-4-22-5-6-23(15-24(22)34(30,31)28-11-13-32-14-12-28)25(29)27-9-7-21(8-10-27)18-26-16-19(2)33-20(3)17-26/h5-6,15,19-21H,4,7-14,16-18H2,1-3H3. The number of aryl methyl sites for hydroxylation is 1. The molecule has 4 rings (SSSR count). The molecule has 190 valence electrons. The van der Waals surface area contributed by atoms with E-state index in [1.165, 1.54) is 4.31 Å². The number of ether oxygens (including phenoxy) is 2. The summed E-state index contributed by atoms with van der Waals surface area (Å²) in [4.78, 5) is 17.9. The smallest absolute Gasteiger partial charge is 0.253 e. The number of rotatable bonds is 6. The summed E-state index contributed by atoms with van der Waals surface area (Å²) in [6.07, 6.45) is 3.06. The van der Waals surface area contributed by atoms with Gasteiger partial charge >= 0.3 is 0 Å². The minimum Gasteiger partial charge on any atom is -0.379 e. The van der Waals surface area contributed by atoms with E-state index in [4.69, 9.17) is 9.47 Å². The fourth-order valence-electron chi connectivity index (χ4n) is 5.45. The van der Waals surface area contributed by atoms with Gasteiger partial charge in [0.2, 0.25) is 10.0 Å². The number of amides is 1. The molecular weight excluding hydrogens is 454 g/mol. The Labute approximate surface area is 204 Å². The molecule has 3 heterocycles. The van der Waals surface area contributed by atoms with Crippen LogP contribution in [0.5, 0.6) is 0 Å². The van der Waals surface area contributed by atoms with Crippen LogP contribution >= 0.6 is 0 Å². The second-order valence-corrected chi connectivity index (χ2v) is 11.8. The van der Waals surface area contributed by atoms with Crippen LogP contribution in [0.2, 0.25) is 0 Å². The Bertz CT molecular complexity index is 945. The molecule has 1 aromatic carbocycles. The molecule has 3 fully saturated rings. The third-order valence-electron chi connectivity index (χ3n) is 7.20. The fourth-order valence-corrected chi connectivity index (χ4v) is 7.17. The van der Waals surface area contributed by atoms with E-state index in [2.05, 4.69) is 18.7 Å². The van der Waals surface area contributed by atoms with Gasteiger partial charge in [-0.05, 0) is 56.7 Å². The van der Waals surface area contributed by atoms with Gasteiger partial charge in [-0.2, -0.15) is 4.31 Å². The molecule has 0 saturated carbocycles. The SMILES string of the molecule is CCc1ccc(C(=O)N2CCC(CN3CC(C)OC(C)C3)CC2)cc1S(=O)(=O)N1CCOCC1. The largest absolute Gasteiger partial charge is 0.379 e. The Hall–Kier alpha value is -1.52. The summed E-state index contributed by atoms with van der Waals surface area (Å²) < 4.78 is 39.3. The average molecular weight is 494 g/mol. The van der Waals surface area contributed by atoms with Crippen LogP contribution in [-0.4, -0.2) is 99.7 Å². The van der Waals surface area contributed by atoms with Gasteiger partial charge in [0.1, 0.15) is 0 Å². The van der Waals surface area contributed by atoms with E-state index in [1.54, 1.807) is 18.2 Å². The number of hydrogen-bond acceptors (Lipinski definition) is 6. The van der Waals surface area contributed by atoms with E-state index in [9.17, 15) is 13.2 Å². The zero-order chi connectivity index (χ0) is 24.3. The number of hydrogen-bond donors (Lipinski definition) is 0. The van der Waals surface area contributed by atoms with Crippen molar-refractivity contribution in [1.82, 2.24) is 14.1 Å². The van der Waals surface area contributed by atoms with Gasteiger partial charge in [0.25, 0.3) is 5.91 Å². The lowest BCUT2D eigenvalue weighted by Crippen LogP contribution is -2.48. The van der Waals surface area contributed by atoms with Gasteiger partial charge in [-0.25, -0.2) is 8.42 Å². The summed E-state index contributed by atoms with van der Waals surface area (Å²) >= 11 is 0. The Morgan fingerprint density at radius 1 is 1.03 bits per heavy atom. The number of benzene rings is 1. The van der Waals surface area contributed by atoms with Crippen molar-refractivity contribution in [1.29, 1.82) is 0 Å². The third kappa shape index (κ3) is 5.82. The molecule has 1 aromatic rings. The molecule has 2 atom stereocenters. The van der Waals surface area contributed by atoms with E-state index in [0.29, 0.717) is 57.3 Å². The monoisotopic (exact) mass is 493 g/mol. The Morgan fingerprint density at radius 2 is 1.68 bits per heavy atom. The first kappa shape index (κ1) is 25.6. The van der Waals surface area contributed by atoms with E-state index >= 15 is 0 Å². The highest BCUT2D eigenvalue weighted by atomic mass is 32.2. The Balaban J connectivity index is 1.41. The van der Waals surface area contributed by atoms with Crippen molar-refractivity contribution in [3.63, 3.8) is 0 Å². The van der Waals surface area contributed by atoms with Crippen LogP contribution in [0.25, 0.3) is 0 Å². The molecule has 3 aliphatic heterocycles. The molecule has 0 radical (unpaired) electrons. The molecule has 1 amide bonds. The molecule has 0 aromatic heterocycles. The summed E-state index contributed by atoms with van der Waals surface area (Å²) in [7, 11) is -3.66. The van der Waals surface area contributed by atoms with E-state index < -0.39 is 10.0 Å². The molecule has 0 aliphatic carbocycles. The van der Waals surface area contributed by atoms with Crippen LogP contribution in [0.4, 0.5) is 0 Å². The minimum atomic E-state index is -3.66. The molecule has 0 spiro atoms. The van der Waals surface area contributed by atoms with Crippen LogP contribution < -0.4 is 0 Å². The topological polar surface area (TPSA) is 79.4 Å². The Kier molecular flexibility index (Phi) is 8.30. The number of nitrogens with zero attached hydrogens (tertiary/aromatic N) is 3. The Morgan fingerprint density at radius 3 is 2.29 bits per heavy atom. The van der Waals surface area contributed by atoms with Gasteiger partial charge in [-0.15, -0.1) is 0 Å². The van der Waals surface area contributed by atoms with Crippen LogP contribution in [-0.2, 0) is 25.9 Å². The number of sulfonamides is 1. The van der Waals surface area contributed by atoms with Crippen molar-refractivity contribution < 1.29 is 22.7 Å². The predicted octanol–water partition coefficient (Wildman–Crippen LogP) is 2.23. The summed E-state index contributed by atoms with van der Waals surface area (Å²) in [6.45, 7) is 12.1. The number of morpholine rings is 2. The normalized spacial score (nSPS) is 26.0. The van der Waals surface area contributed by atoms with E-state index in [0.717, 1.165) is 38.0 Å². The molecule has 0 bridgehead atoms. The maximum atomic E-state index is 13.3. The van der Waals surface area contributed by atoms with Crippen LogP contribution in [0.1, 0.15) is 49.5 Å². The fraction of sp³-hybridized carbons (Fsp3) is 0.720. The summed E-state index contributed by atoms with van der Waals surface area (Å²) in [6, 6.07) is 5.17. The highest BCUT2D eigenvalue weighted by Crippen LogP contribution is 2.26. The highest BCUT2D eigenvalue weighted by molar-refractivity contribution is 7.89. The molecular formula is C25H39N3O5S.